The average Bonchev–Trinajstić information content (AvgIpc) is 3.06. The standard InChI is InChI=1S/C18H15BrN2O3S/c1-10-8-11(4-6-14(10)19)15-7-5-12(24-15)9-13-16(22)20(2)18(25)21(3)17(13)23/h4-9H,1-3H3. The van der Waals surface area contributed by atoms with Crippen molar-refractivity contribution in [1.82, 2.24) is 9.80 Å². The van der Waals surface area contributed by atoms with E-state index in [2.05, 4.69) is 15.9 Å². The van der Waals surface area contributed by atoms with Gasteiger partial charge in [-0.15, -0.1) is 0 Å². The van der Waals surface area contributed by atoms with Gasteiger partial charge in [-0.25, -0.2) is 0 Å². The number of likely N-dealkylation sites (N-methyl/N-ethyl adjacent to an activating group) is 2. The summed E-state index contributed by atoms with van der Waals surface area (Å²) in [5.41, 5.74) is 2.02. The lowest BCUT2D eigenvalue weighted by atomic mass is 10.1. The zero-order valence-corrected chi connectivity index (χ0v) is 16.3. The van der Waals surface area contributed by atoms with E-state index in [0.717, 1.165) is 15.6 Å². The molecular formula is C18H15BrN2O3S. The van der Waals surface area contributed by atoms with E-state index in [4.69, 9.17) is 16.6 Å². The number of hydrogen-bond acceptors (Lipinski definition) is 4. The number of halogens is 1. The highest BCUT2D eigenvalue weighted by molar-refractivity contribution is 9.10. The summed E-state index contributed by atoms with van der Waals surface area (Å²) in [6, 6.07) is 9.42. The first-order valence-corrected chi connectivity index (χ1v) is 8.68. The van der Waals surface area contributed by atoms with E-state index < -0.39 is 11.8 Å². The lowest BCUT2D eigenvalue weighted by Gasteiger charge is -2.31. The molecule has 2 amide bonds. The Labute approximate surface area is 159 Å². The first kappa shape index (κ1) is 17.6. The normalized spacial score (nSPS) is 15.2. The molecule has 1 saturated heterocycles. The Morgan fingerprint density at radius 1 is 1.08 bits per heavy atom. The summed E-state index contributed by atoms with van der Waals surface area (Å²) in [4.78, 5) is 27.2. The summed E-state index contributed by atoms with van der Waals surface area (Å²) in [7, 11) is 3.08. The molecule has 2 aromatic rings. The van der Waals surface area contributed by atoms with E-state index in [1.54, 1.807) is 20.2 Å². The minimum atomic E-state index is -0.439. The van der Waals surface area contributed by atoms with Gasteiger partial charge >= 0.3 is 0 Å². The molecule has 1 aliphatic rings. The Bertz CT molecular complexity index is 906. The molecule has 0 bridgehead atoms. The Balaban J connectivity index is 1.95. The maximum Gasteiger partial charge on any atom is 0.265 e. The second-order valence-corrected chi connectivity index (χ2v) is 6.95. The van der Waals surface area contributed by atoms with Crippen LogP contribution in [0.1, 0.15) is 11.3 Å². The van der Waals surface area contributed by atoms with Gasteiger partial charge in [-0.05, 0) is 55.0 Å². The van der Waals surface area contributed by atoms with Crippen LogP contribution in [0.5, 0.6) is 0 Å². The highest BCUT2D eigenvalue weighted by Crippen LogP contribution is 2.28. The molecule has 3 rings (SSSR count). The quantitative estimate of drug-likeness (QED) is 0.424. The number of benzene rings is 1. The fourth-order valence-corrected chi connectivity index (χ4v) is 2.91. The molecule has 0 saturated carbocycles. The highest BCUT2D eigenvalue weighted by atomic mass is 79.9. The summed E-state index contributed by atoms with van der Waals surface area (Å²) < 4.78 is 6.81. The lowest BCUT2D eigenvalue weighted by Crippen LogP contribution is -2.52. The molecule has 1 aliphatic heterocycles. The molecule has 25 heavy (non-hydrogen) atoms. The van der Waals surface area contributed by atoms with Crippen LogP contribution in [-0.4, -0.2) is 40.8 Å². The van der Waals surface area contributed by atoms with Gasteiger partial charge in [0.15, 0.2) is 5.11 Å². The second kappa shape index (κ2) is 6.57. The largest absolute Gasteiger partial charge is 0.457 e. The van der Waals surface area contributed by atoms with Gasteiger partial charge in [-0.2, -0.15) is 0 Å². The average molecular weight is 419 g/mol. The third kappa shape index (κ3) is 3.17. The van der Waals surface area contributed by atoms with Crippen LogP contribution < -0.4 is 0 Å². The maximum atomic E-state index is 12.3. The van der Waals surface area contributed by atoms with Crippen LogP contribution >= 0.6 is 28.1 Å². The molecule has 7 heteroatoms. The third-order valence-electron chi connectivity index (χ3n) is 4.00. The van der Waals surface area contributed by atoms with E-state index in [1.807, 2.05) is 31.2 Å². The van der Waals surface area contributed by atoms with Crippen LogP contribution in [0, 0.1) is 6.92 Å². The van der Waals surface area contributed by atoms with E-state index >= 15 is 0 Å². The first-order valence-electron chi connectivity index (χ1n) is 7.47. The fourth-order valence-electron chi connectivity index (χ4n) is 2.50. The molecule has 0 unspecified atom stereocenters. The van der Waals surface area contributed by atoms with Crippen molar-refractivity contribution in [2.45, 2.75) is 6.92 Å². The van der Waals surface area contributed by atoms with E-state index in [9.17, 15) is 9.59 Å². The fraction of sp³-hybridized carbons (Fsp3) is 0.167. The Hall–Kier alpha value is -2.25. The molecule has 1 aromatic carbocycles. The van der Waals surface area contributed by atoms with Gasteiger partial charge in [0.25, 0.3) is 11.8 Å². The lowest BCUT2D eigenvalue weighted by molar-refractivity contribution is -0.132. The van der Waals surface area contributed by atoms with Crippen molar-refractivity contribution in [1.29, 1.82) is 0 Å². The molecule has 2 heterocycles. The summed E-state index contributed by atoms with van der Waals surface area (Å²) >= 11 is 8.54. The molecule has 0 radical (unpaired) electrons. The Morgan fingerprint density at radius 3 is 2.32 bits per heavy atom. The number of nitrogens with zero attached hydrogens (tertiary/aromatic N) is 2. The first-order chi connectivity index (χ1) is 11.8. The summed E-state index contributed by atoms with van der Waals surface area (Å²) in [6.07, 6.45) is 1.45. The van der Waals surface area contributed by atoms with Crippen LogP contribution in [0.4, 0.5) is 0 Å². The van der Waals surface area contributed by atoms with Crippen LogP contribution in [0.3, 0.4) is 0 Å². The Morgan fingerprint density at radius 2 is 1.72 bits per heavy atom. The summed E-state index contributed by atoms with van der Waals surface area (Å²) in [5.74, 6) is 0.216. The van der Waals surface area contributed by atoms with Crippen LogP contribution in [-0.2, 0) is 9.59 Å². The van der Waals surface area contributed by atoms with Gasteiger partial charge in [0.05, 0.1) is 0 Å². The van der Waals surface area contributed by atoms with Gasteiger partial charge in [-0.3, -0.25) is 19.4 Å². The van der Waals surface area contributed by atoms with E-state index in [-0.39, 0.29) is 10.7 Å². The molecular weight excluding hydrogens is 404 g/mol. The van der Waals surface area contributed by atoms with Crippen LogP contribution in [0.15, 0.2) is 44.8 Å². The molecule has 0 spiro atoms. The van der Waals surface area contributed by atoms with Crippen molar-refractivity contribution >= 4 is 51.2 Å². The zero-order chi connectivity index (χ0) is 18.3. The number of amides is 2. The minimum Gasteiger partial charge on any atom is -0.457 e. The molecule has 5 nitrogen and oxygen atoms in total. The molecule has 0 aliphatic carbocycles. The van der Waals surface area contributed by atoms with Gasteiger partial charge in [0, 0.05) is 24.1 Å². The predicted octanol–water partition coefficient (Wildman–Crippen LogP) is 3.62. The molecule has 0 atom stereocenters. The van der Waals surface area contributed by atoms with Crippen molar-refractivity contribution in [2.24, 2.45) is 0 Å². The van der Waals surface area contributed by atoms with Gasteiger partial charge in [-0.1, -0.05) is 22.0 Å². The van der Waals surface area contributed by atoms with Crippen molar-refractivity contribution in [3.05, 3.63) is 51.7 Å². The van der Waals surface area contributed by atoms with E-state index in [0.29, 0.717) is 11.5 Å². The topological polar surface area (TPSA) is 53.8 Å². The smallest absolute Gasteiger partial charge is 0.265 e. The second-order valence-electron chi connectivity index (χ2n) is 5.73. The monoisotopic (exact) mass is 418 g/mol. The predicted molar refractivity (Wildman–Crippen MR) is 103 cm³/mol. The van der Waals surface area contributed by atoms with Crippen LogP contribution in [0.25, 0.3) is 17.4 Å². The number of hydrogen-bond donors (Lipinski definition) is 0. The Kier molecular flexibility index (Phi) is 4.62. The van der Waals surface area contributed by atoms with Gasteiger partial charge in [0.1, 0.15) is 17.1 Å². The highest BCUT2D eigenvalue weighted by Gasteiger charge is 2.35. The zero-order valence-electron chi connectivity index (χ0n) is 13.9. The van der Waals surface area contributed by atoms with Gasteiger partial charge < -0.3 is 4.42 Å². The number of rotatable bonds is 2. The van der Waals surface area contributed by atoms with Crippen molar-refractivity contribution in [3.8, 4) is 11.3 Å². The number of aryl methyl sites for hydroxylation is 1. The van der Waals surface area contributed by atoms with Crippen molar-refractivity contribution in [3.63, 3.8) is 0 Å². The number of furan rings is 1. The minimum absolute atomic E-state index is 0.0199. The molecule has 128 valence electrons. The number of carbonyl (C=O) groups excluding carboxylic acids is 2. The SMILES string of the molecule is Cc1cc(-c2ccc(C=C3C(=O)N(C)C(=S)N(C)C3=O)o2)ccc1Br. The van der Waals surface area contributed by atoms with Gasteiger partial charge in [0.2, 0.25) is 0 Å². The third-order valence-corrected chi connectivity index (χ3v) is 5.44. The maximum absolute atomic E-state index is 12.3. The number of carbonyl (C=O) groups is 2. The summed E-state index contributed by atoms with van der Waals surface area (Å²) in [5, 5.41) is 0.178. The number of thiocarbonyl (C=S) groups is 1. The molecule has 1 aromatic heterocycles. The summed E-state index contributed by atoms with van der Waals surface area (Å²) in [6.45, 7) is 1.99. The van der Waals surface area contributed by atoms with E-state index in [1.165, 1.54) is 15.9 Å². The van der Waals surface area contributed by atoms with Crippen molar-refractivity contribution in [2.75, 3.05) is 14.1 Å². The van der Waals surface area contributed by atoms with Crippen LogP contribution in [0.2, 0.25) is 0 Å². The molecule has 0 N–H and O–H groups in total. The van der Waals surface area contributed by atoms with Crippen molar-refractivity contribution < 1.29 is 14.0 Å². The molecule has 1 fully saturated rings.